The molecule has 0 aliphatic heterocycles. The highest BCUT2D eigenvalue weighted by Crippen LogP contribution is 2.26. The molecule has 1 aromatic carbocycles. The molecule has 0 unspecified atom stereocenters. The molecule has 0 aliphatic rings. The summed E-state index contributed by atoms with van der Waals surface area (Å²) in [5, 5.41) is 19.3. The SMILES string of the molecule is N[C@H](CCO)c1ccc(F)cc1[N+](=O)[O-]. The van der Waals surface area contributed by atoms with Crippen LogP contribution in [-0.4, -0.2) is 16.6 Å². The van der Waals surface area contributed by atoms with Crippen LogP contribution in [0.25, 0.3) is 0 Å². The summed E-state index contributed by atoms with van der Waals surface area (Å²) in [5.41, 5.74) is 5.49. The Bertz CT molecular complexity index is 370. The average molecular weight is 214 g/mol. The summed E-state index contributed by atoms with van der Waals surface area (Å²) >= 11 is 0. The quantitative estimate of drug-likeness (QED) is 0.580. The third-order valence-electron chi connectivity index (χ3n) is 2.03. The first-order valence-electron chi connectivity index (χ1n) is 4.36. The van der Waals surface area contributed by atoms with E-state index >= 15 is 0 Å². The molecule has 0 aromatic heterocycles. The maximum atomic E-state index is 12.8. The monoisotopic (exact) mass is 214 g/mol. The molecular weight excluding hydrogens is 203 g/mol. The van der Waals surface area contributed by atoms with Gasteiger partial charge in [0.2, 0.25) is 0 Å². The van der Waals surface area contributed by atoms with E-state index in [1.54, 1.807) is 0 Å². The number of nitrogens with two attached hydrogens (primary N) is 1. The lowest BCUT2D eigenvalue weighted by atomic mass is 10.0. The summed E-state index contributed by atoms with van der Waals surface area (Å²) in [4.78, 5) is 9.92. The Morgan fingerprint density at radius 3 is 2.80 bits per heavy atom. The number of nitro groups is 1. The van der Waals surface area contributed by atoms with Crippen LogP contribution in [0.4, 0.5) is 10.1 Å². The van der Waals surface area contributed by atoms with Crippen LogP contribution in [0.5, 0.6) is 0 Å². The number of aliphatic hydroxyl groups excluding tert-OH is 1. The molecule has 0 radical (unpaired) electrons. The van der Waals surface area contributed by atoms with Crippen molar-refractivity contribution < 1.29 is 14.4 Å². The first-order chi connectivity index (χ1) is 7.06. The van der Waals surface area contributed by atoms with Crippen molar-refractivity contribution in [3.63, 3.8) is 0 Å². The van der Waals surface area contributed by atoms with Gasteiger partial charge in [0, 0.05) is 18.2 Å². The van der Waals surface area contributed by atoms with Crippen LogP contribution in [0, 0.1) is 15.9 Å². The second-order valence-electron chi connectivity index (χ2n) is 3.08. The van der Waals surface area contributed by atoms with Gasteiger partial charge < -0.3 is 10.8 Å². The van der Waals surface area contributed by atoms with Crippen LogP contribution in [0.1, 0.15) is 18.0 Å². The lowest BCUT2D eigenvalue weighted by molar-refractivity contribution is -0.385. The minimum atomic E-state index is -0.685. The predicted octanol–water partition coefficient (Wildman–Crippen LogP) is 1.12. The molecule has 6 heteroatoms. The van der Waals surface area contributed by atoms with E-state index in [1.807, 2.05) is 0 Å². The molecule has 1 atom stereocenters. The summed E-state index contributed by atoms with van der Waals surface area (Å²) in [5.74, 6) is -0.679. The van der Waals surface area contributed by atoms with Gasteiger partial charge in [0.1, 0.15) is 5.82 Å². The average Bonchev–Trinajstić information content (AvgIpc) is 2.17. The Kier molecular flexibility index (Phi) is 3.70. The normalized spacial score (nSPS) is 12.5. The first-order valence-corrected chi connectivity index (χ1v) is 4.36. The molecular formula is C9H11FN2O3. The van der Waals surface area contributed by atoms with Crippen molar-refractivity contribution in [1.29, 1.82) is 0 Å². The smallest absolute Gasteiger partial charge is 0.277 e. The second-order valence-corrected chi connectivity index (χ2v) is 3.08. The van der Waals surface area contributed by atoms with Gasteiger partial charge in [0.15, 0.2) is 0 Å². The van der Waals surface area contributed by atoms with Crippen LogP contribution in [0.15, 0.2) is 18.2 Å². The molecule has 15 heavy (non-hydrogen) atoms. The fourth-order valence-electron chi connectivity index (χ4n) is 1.28. The molecule has 0 saturated carbocycles. The van der Waals surface area contributed by atoms with Gasteiger partial charge in [-0.1, -0.05) is 0 Å². The van der Waals surface area contributed by atoms with E-state index in [1.165, 1.54) is 6.07 Å². The van der Waals surface area contributed by atoms with E-state index < -0.39 is 16.8 Å². The number of hydrogen-bond acceptors (Lipinski definition) is 4. The van der Waals surface area contributed by atoms with E-state index in [4.69, 9.17) is 10.8 Å². The zero-order valence-corrected chi connectivity index (χ0v) is 7.89. The van der Waals surface area contributed by atoms with Crippen LogP contribution in [0.2, 0.25) is 0 Å². The zero-order valence-electron chi connectivity index (χ0n) is 7.89. The molecule has 3 N–H and O–H groups in total. The topological polar surface area (TPSA) is 89.4 Å². The van der Waals surface area contributed by atoms with Gasteiger partial charge >= 0.3 is 0 Å². The van der Waals surface area contributed by atoms with Gasteiger partial charge in [-0.15, -0.1) is 0 Å². The van der Waals surface area contributed by atoms with Crippen molar-refractivity contribution in [3.05, 3.63) is 39.7 Å². The third-order valence-corrected chi connectivity index (χ3v) is 2.03. The maximum absolute atomic E-state index is 12.8. The molecule has 0 bridgehead atoms. The van der Waals surface area contributed by atoms with Gasteiger partial charge in [0.25, 0.3) is 5.69 Å². The van der Waals surface area contributed by atoms with Gasteiger partial charge in [-0.2, -0.15) is 0 Å². The van der Waals surface area contributed by atoms with Crippen molar-refractivity contribution in [2.45, 2.75) is 12.5 Å². The summed E-state index contributed by atoms with van der Waals surface area (Å²) in [6.45, 7) is -0.171. The summed E-state index contributed by atoms with van der Waals surface area (Å²) in [6.07, 6.45) is 0.201. The zero-order chi connectivity index (χ0) is 11.4. The number of nitrogens with zero attached hydrogens (tertiary/aromatic N) is 1. The van der Waals surface area contributed by atoms with Gasteiger partial charge in [-0.3, -0.25) is 10.1 Å². The largest absolute Gasteiger partial charge is 0.396 e. The predicted molar refractivity (Wildman–Crippen MR) is 51.7 cm³/mol. The number of nitro benzene ring substituents is 1. The number of rotatable bonds is 4. The Morgan fingerprint density at radius 1 is 1.60 bits per heavy atom. The fraction of sp³-hybridized carbons (Fsp3) is 0.333. The molecule has 0 fully saturated rings. The number of aliphatic hydroxyl groups is 1. The van der Waals surface area contributed by atoms with Crippen molar-refractivity contribution in [3.8, 4) is 0 Å². The van der Waals surface area contributed by atoms with E-state index in [9.17, 15) is 14.5 Å². The molecule has 0 amide bonds. The van der Waals surface area contributed by atoms with Gasteiger partial charge in [0.05, 0.1) is 11.0 Å². The van der Waals surface area contributed by atoms with Crippen LogP contribution < -0.4 is 5.73 Å². The molecule has 0 spiro atoms. The Labute approximate surface area is 85.5 Å². The van der Waals surface area contributed by atoms with Crippen molar-refractivity contribution in [2.75, 3.05) is 6.61 Å². The standard InChI is InChI=1S/C9H11FN2O3/c10-6-1-2-7(8(11)3-4-13)9(5-6)12(14)15/h1-2,5,8,13H,3-4,11H2/t8-/m1/s1. The van der Waals surface area contributed by atoms with Crippen LogP contribution in [-0.2, 0) is 0 Å². The Morgan fingerprint density at radius 2 is 2.27 bits per heavy atom. The minimum absolute atomic E-state index is 0.171. The van der Waals surface area contributed by atoms with Crippen molar-refractivity contribution >= 4 is 5.69 Å². The second kappa shape index (κ2) is 4.81. The maximum Gasteiger partial charge on any atom is 0.277 e. The first kappa shape index (κ1) is 11.5. The molecule has 5 nitrogen and oxygen atoms in total. The molecule has 82 valence electrons. The van der Waals surface area contributed by atoms with E-state index in [2.05, 4.69) is 0 Å². The number of benzene rings is 1. The van der Waals surface area contributed by atoms with Crippen molar-refractivity contribution in [1.82, 2.24) is 0 Å². The third kappa shape index (κ3) is 2.71. The highest BCUT2D eigenvalue weighted by Gasteiger charge is 2.19. The summed E-state index contributed by atoms with van der Waals surface area (Å²) in [7, 11) is 0. The highest BCUT2D eigenvalue weighted by molar-refractivity contribution is 5.42. The molecule has 1 aromatic rings. The van der Waals surface area contributed by atoms with E-state index in [0.717, 1.165) is 12.1 Å². The Balaban J connectivity index is 3.10. The van der Waals surface area contributed by atoms with Crippen LogP contribution >= 0.6 is 0 Å². The minimum Gasteiger partial charge on any atom is -0.396 e. The summed E-state index contributed by atoms with van der Waals surface area (Å²) < 4.78 is 12.8. The molecule has 0 aliphatic carbocycles. The lowest BCUT2D eigenvalue weighted by Gasteiger charge is -2.10. The summed E-state index contributed by atoms with van der Waals surface area (Å²) in [6, 6.07) is 2.55. The van der Waals surface area contributed by atoms with E-state index in [0.29, 0.717) is 0 Å². The van der Waals surface area contributed by atoms with Crippen molar-refractivity contribution in [2.24, 2.45) is 5.73 Å². The highest BCUT2D eigenvalue weighted by atomic mass is 19.1. The molecule has 0 saturated heterocycles. The lowest BCUT2D eigenvalue weighted by Crippen LogP contribution is -2.14. The van der Waals surface area contributed by atoms with E-state index in [-0.39, 0.29) is 24.3 Å². The van der Waals surface area contributed by atoms with Gasteiger partial charge in [-0.25, -0.2) is 4.39 Å². The number of halogens is 1. The van der Waals surface area contributed by atoms with Crippen LogP contribution in [0.3, 0.4) is 0 Å². The van der Waals surface area contributed by atoms with Gasteiger partial charge in [-0.05, 0) is 18.6 Å². The fourth-order valence-corrected chi connectivity index (χ4v) is 1.28. The Hall–Kier alpha value is -1.53. The molecule has 0 heterocycles. The molecule has 1 rings (SSSR count). The number of hydrogen-bond donors (Lipinski definition) is 2.